The number of rotatable bonds is 3. The smallest absolute Gasteiger partial charge is 0.151 e. The van der Waals surface area contributed by atoms with Crippen molar-refractivity contribution in [2.75, 3.05) is 37.0 Å². The van der Waals surface area contributed by atoms with Crippen molar-refractivity contribution >= 4 is 15.5 Å². The normalized spacial score (nSPS) is 28.3. The molecule has 0 saturated carbocycles. The fourth-order valence-electron chi connectivity index (χ4n) is 3.14. The third-order valence-electron chi connectivity index (χ3n) is 4.28. The number of fused-ring (bicyclic) bond motifs is 1. The molecule has 2 heterocycles. The van der Waals surface area contributed by atoms with Crippen LogP contribution in [0.4, 0.5) is 5.69 Å². The summed E-state index contributed by atoms with van der Waals surface area (Å²) < 4.78 is 23.1. The zero-order chi connectivity index (χ0) is 13.5. The van der Waals surface area contributed by atoms with Crippen LogP contribution in [0.2, 0.25) is 0 Å². The van der Waals surface area contributed by atoms with Gasteiger partial charge < -0.3 is 10.2 Å². The Bertz CT molecular complexity index is 571. The van der Waals surface area contributed by atoms with E-state index >= 15 is 0 Å². The molecule has 1 saturated heterocycles. The van der Waals surface area contributed by atoms with Gasteiger partial charge in [0.1, 0.15) is 0 Å². The van der Waals surface area contributed by atoms with Gasteiger partial charge in [-0.15, -0.1) is 0 Å². The molecule has 3 rings (SSSR count). The molecule has 2 atom stereocenters. The van der Waals surface area contributed by atoms with Gasteiger partial charge in [0.2, 0.25) is 0 Å². The Labute approximate surface area is 114 Å². The number of nitrogens with zero attached hydrogens (tertiary/aromatic N) is 1. The second-order valence-electron chi connectivity index (χ2n) is 5.66. The van der Waals surface area contributed by atoms with Gasteiger partial charge in [-0.3, -0.25) is 0 Å². The zero-order valence-corrected chi connectivity index (χ0v) is 12.0. The van der Waals surface area contributed by atoms with Gasteiger partial charge in [0.25, 0.3) is 0 Å². The molecule has 0 spiro atoms. The topological polar surface area (TPSA) is 49.4 Å². The zero-order valence-electron chi connectivity index (χ0n) is 11.2. The van der Waals surface area contributed by atoms with Gasteiger partial charge >= 0.3 is 0 Å². The molecule has 0 radical (unpaired) electrons. The highest BCUT2D eigenvalue weighted by atomic mass is 32.2. The Morgan fingerprint density at radius 1 is 1.37 bits per heavy atom. The second kappa shape index (κ2) is 4.80. The standard InChI is InChI=1S/C14H20N2O2S/c1-16(12-6-7-19(17,18)10-12)9-11-8-15-14-5-3-2-4-13(11)14/h2-5,11-12,15H,6-10H2,1H3. The van der Waals surface area contributed by atoms with Crippen LogP contribution in [0.15, 0.2) is 24.3 Å². The number of likely N-dealkylation sites (N-methyl/N-ethyl adjacent to an activating group) is 1. The fraction of sp³-hybridized carbons (Fsp3) is 0.571. The number of hydrogen-bond acceptors (Lipinski definition) is 4. The third-order valence-corrected chi connectivity index (χ3v) is 6.03. The van der Waals surface area contributed by atoms with Gasteiger partial charge in [-0.25, -0.2) is 8.42 Å². The van der Waals surface area contributed by atoms with Crippen LogP contribution >= 0.6 is 0 Å². The quantitative estimate of drug-likeness (QED) is 0.907. The van der Waals surface area contributed by atoms with E-state index in [9.17, 15) is 8.42 Å². The van der Waals surface area contributed by atoms with Crippen molar-refractivity contribution in [3.63, 3.8) is 0 Å². The van der Waals surface area contributed by atoms with E-state index in [0.717, 1.165) is 19.5 Å². The van der Waals surface area contributed by atoms with Gasteiger partial charge in [-0.1, -0.05) is 18.2 Å². The average Bonchev–Trinajstić information content (AvgIpc) is 2.94. The molecule has 2 unspecified atom stereocenters. The van der Waals surface area contributed by atoms with Crippen LogP contribution in [0, 0.1) is 0 Å². The van der Waals surface area contributed by atoms with Crippen molar-refractivity contribution in [3.8, 4) is 0 Å². The van der Waals surface area contributed by atoms with E-state index in [4.69, 9.17) is 0 Å². The van der Waals surface area contributed by atoms with E-state index in [2.05, 4.69) is 28.4 Å². The molecular formula is C14H20N2O2S. The van der Waals surface area contributed by atoms with Crippen molar-refractivity contribution in [2.24, 2.45) is 0 Å². The minimum Gasteiger partial charge on any atom is -0.384 e. The number of hydrogen-bond donors (Lipinski definition) is 1. The SMILES string of the molecule is CN(CC1CNc2ccccc21)C1CCS(=O)(=O)C1. The predicted octanol–water partition coefficient (Wildman–Crippen LogP) is 1.31. The van der Waals surface area contributed by atoms with E-state index in [-0.39, 0.29) is 6.04 Å². The van der Waals surface area contributed by atoms with E-state index in [1.165, 1.54) is 11.3 Å². The Morgan fingerprint density at radius 3 is 2.89 bits per heavy atom. The average molecular weight is 280 g/mol. The Kier molecular flexibility index (Phi) is 3.27. The number of nitrogens with one attached hydrogen (secondary N) is 1. The lowest BCUT2D eigenvalue weighted by molar-refractivity contribution is 0.250. The van der Waals surface area contributed by atoms with Crippen molar-refractivity contribution in [3.05, 3.63) is 29.8 Å². The first-order chi connectivity index (χ1) is 9.05. The van der Waals surface area contributed by atoms with Gasteiger partial charge in [-0.05, 0) is 25.1 Å². The molecule has 104 valence electrons. The third kappa shape index (κ3) is 2.62. The molecule has 0 aromatic heterocycles. The lowest BCUT2D eigenvalue weighted by atomic mass is 10.0. The number of benzene rings is 1. The largest absolute Gasteiger partial charge is 0.384 e. The minimum absolute atomic E-state index is 0.192. The highest BCUT2D eigenvalue weighted by molar-refractivity contribution is 7.91. The van der Waals surface area contributed by atoms with Gasteiger partial charge in [0, 0.05) is 30.7 Å². The summed E-state index contributed by atoms with van der Waals surface area (Å²) in [5.41, 5.74) is 2.58. The fourth-order valence-corrected chi connectivity index (χ4v) is 4.94. The molecule has 4 nitrogen and oxygen atoms in total. The molecular weight excluding hydrogens is 260 g/mol. The molecule has 0 bridgehead atoms. The van der Waals surface area contributed by atoms with Crippen LogP contribution in [0.3, 0.4) is 0 Å². The summed E-state index contributed by atoms with van der Waals surface area (Å²) in [6, 6.07) is 8.58. The first-order valence-corrected chi connectivity index (χ1v) is 8.61. The molecule has 1 N–H and O–H groups in total. The number of sulfone groups is 1. The van der Waals surface area contributed by atoms with E-state index in [0.29, 0.717) is 17.4 Å². The lowest BCUT2D eigenvalue weighted by Gasteiger charge is -2.26. The Balaban J connectivity index is 1.67. The maximum Gasteiger partial charge on any atom is 0.151 e. The maximum atomic E-state index is 11.5. The molecule has 1 aromatic rings. The maximum absolute atomic E-state index is 11.5. The van der Waals surface area contributed by atoms with Gasteiger partial charge in [-0.2, -0.15) is 0 Å². The summed E-state index contributed by atoms with van der Waals surface area (Å²) in [7, 11) is -0.744. The summed E-state index contributed by atoms with van der Waals surface area (Å²) in [6.45, 7) is 1.87. The molecule has 1 aromatic carbocycles. The first kappa shape index (κ1) is 12.9. The van der Waals surface area contributed by atoms with Crippen LogP contribution in [0.1, 0.15) is 17.9 Å². The monoisotopic (exact) mass is 280 g/mol. The summed E-state index contributed by atoms with van der Waals surface area (Å²) in [4.78, 5) is 2.22. The predicted molar refractivity (Wildman–Crippen MR) is 77.4 cm³/mol. The molecule has 19 heavy (non-hydrogen) atoms. The van der Waals surface area contributed by atoms with Crippen LogP contribution < -0.4 is 5.32 Å². The molecule has 0 amide bonds. The van der Waals surface area contributed by atoms with Crippen LogP contribution in [-0.4, -0.2) is 51.0 Å². The van der Waals surface area contributed by atoms with Crippen LogP contribution in [0.5, 0.6) is 0 Å². The second-order valence-corrected chi connectivity index (χ2v) is 7.89. The van der Waals surface area contributed by atoms with Crippen molar-refractivity contribution in [1.82, 2.24) is 4.90 Å². The van der Waals surface area contributed by atoms with E-state index in [1.54, 1.807) is 0 Å². The van der Waals surface area contributed by atoms with Gasteiger partial charge in [0.05, 0.1) is 11.5 Å². The first-order valence-electron chi connectivity index (χ1n) is 6.78. The summed E-state index contributed by atoms with van der Waals surface area (Å²) in [5.74, 6) is 1.14. The molecule has 0 aliphatic carbocycles. The van der Waals surface area contributed by atoms with Crippen LogP contribution in [-0.2, 0) is 9.84 Å². The molecule has 2 aliphatic heterocycles. The summed E-state index contributed by atoms with van der Waals surface area (Å²) in [5, 5.41) is 3.42. The summed E-state index contributed by atoms with van der Waals surface area (Å²) in [6.07, 6.45) is 0.778. The molecule has 1 fully saturated rings. The summed E-state index contributed by atoms with van der Waals surface area (Å²) >= 11 is 0. The highest BCUT2D eigenvalue weighted by Gasteiger charge is 2.32. The molecule has 2 aliphatic rings. The number of anilines is 1. The van der Waals surface area contributed by atoms with Crippen molar-refractivity contribution in [1.29, 1.82) is 0 Å². The van der Waals surface area contributed by atoms with Crippen molar-refractivity contribution in [2.45, 2.75) is 18.4 Å². The Morgan fingerprint density at radius 2 is 2.16 bits per heavy atom. The van der Waals surface area contributed by atoms with Crippen LogP contribution in [0.25, 0.3) is 0 Å². The van der Waals surface area contributed by atoms with E-state index in [1.807, 2.05) is 13.1 Å². The highest BCUT2D eigenvalue weighted by Crippen LogP contribution is 2.32. The Hall–Kier alpha value is -1.07. The minimum atomic E-state index is -2.79. The molecule has 5 heteroatoms. The van der Waals surface area contributed by atoms with Crippen molar-refractivity contribution < 1.29 is 8.42 Å². The number of para-hydroxylation sites is 1. The lowest BCUT2D eigenvalue weighted by Crippen LogP contribution is -2.36. The van der Waals surface area contributed by atoms with Gasteiger partial charge in [0.15, 0.2) is 9.84 Å². The van der Waals surface area contributed by atoms with E-state index < -0.39 is 9.84 Å².